The predicted molar refractivity (Wildman–Crippen MR) is 65.4 cm³/mol. The number of thioether (sulfide) groups is 1. The molecule has 0 aromatic heterocycles. The molecule has 0 saturated heterocycles. The monoisotopic (exact) mass is 260 g/mol. The van der Waals surface area contributed by atoms with Crippen molar-refractivity contribution in [2.24, 2.45) is 0 Å². The van der Waals surface area contributed by atoms with Crippen LogP contribution in [0.1, 0.15) is 23.7 Å². The molecule has 1 unspecified atom stereocenters. The van der Waals surface area contributed by atoms with Crippen molar-refractivity contribution in [3.05, 3.63) is 28.8 Å². The van der Waals surface area contributed by atoms with Crippen LogP contribution in [0.3, 0.4) is 0 Å². The zero-order valence-electron chi connectivity index (χ0n) is 8.81. The fourth-order valence-corrected chi connectivity index (χ4v) is 2.56. The minimum Gasteiger partial charge on any atom is -0.478 e. The first-order valence-corrected chi connectivity index (χ1v) is 6.10. The molecule has 0 radical (unpaired) electrons. The lowest BCUT2D eigenvalue weighted by atomic mass is 10.2. The Balaban J connectivity index is 2.77. The van der Waals surface area contributed by atoms with Crippen molar-refractivity contribution in [1.29, 1.82) is 0 Å². The van der Waals surface area contributed by atoms with E-state index in [0.717, 1.165) is 4.90 Å². The van der Waals surface area contributed by atoms with Gasteiger partial charge in [0.05, 0.1) is 10.6 Å². The minimum absolute atomic E-state index is 0.112. The number of aromatic carboxylic acids is 1. The Morgan fingerprint density at radius 3 is 2.75 bits per heavy atom. The largest absolute Gasteiger partial charge is 0.478 e. The molecule has 0 amide bonds. The van der Waals surface area contributed by atoms with Crippen LogP contribution in [0.2, 0.25) is 5.02 Å². The number of halogens is 1. The molecule has 1 aromatic rings. The molecule has 16 heavy (non-hydrogen) atoms. The van der Waals surface area contributed by atoms with Crippen LogP contribution in [-0.2, 0) is 0 Å². The molecule has 88 valence electrons. The van der Waals surface area contributed by atoms with Crippen LogP contribution in [0, 0.1) is 0 Å². The Morgan fingerprint density at radius 2 is 2.25 bits per heavy atom. The van der Waals surface area contributed by atoms with Gasteiger partial charge in [0.25, 0.3) is 0 Å². The number of carboxylic acid groups (broad SMARTS) is 1. The second-order valence-corrected chi connectivity index (χ2v) is 5.31. The van der Waals surface area contributed by atoms with Crippen molar-refractivity contribution >= 4 is 29.3 Å². The quantitative estimate of drug-likeness (QED) is 0.800. The summed E-state index contributed by atoms with van der Waals surface area (Å²) in [6.07, 6.45) is 0.697. The Kier molecular flexibility index (Phi) is 5.12. The van der Waals surface area contributed by atoms with Crippen LogP contribution in [0.4, 0.5) is 0 Å². The van der Waals surface area contributed by atoms with Crippen molar-refractivity contribution in [3.8, 4) is 0 Å². The van der Waals surface area contributed by atoms with E-state index in [9.17, 15) is 4.79 Å². The summed E-state index contributed by atoms with van der Waals surface area (Å²) in [5, 5.41) is 18.1. The fourth-order valence-electron chi connectivity index (χ4n) is 1.22. The van der Waals surface area contributed by atoms with E-state index in [4.69, 9.17) is 21.8 Å². The van der Waals surface area contributed by atoms with E-state index in [2.05, 4.69) is 0 Å². The van der Waals surface area contributed by atoms with Gasteiger partial charge in [-0.2, -0.15) is 0 Å². The fraction of sp³-hybridized carbons (Fsp3) is 0.364. The van der Waals surface area contributed by atoms with Gasteiger partial charge in [0.15, 0.2) is 0 Å². The molecule has 0 heterocycles. The first-order chi connectivity index (χ1) is 7.54. The van der Waals surface area contributed by atoms with Gasteiger partial charge >= 0.3 is 5.97 Å². The number of hydrogen-bond donors (Lipinski definition) is 2. The maximum Gasteiger partial charge on any atom is 0.337 e. The van der Waals surface area contributed by atoms with Crippen LogP contribution in [0.25, 0.3) is 0 Å². The van der Waals surface area contributed by atoms with Crippen molar-refractivity contribution in [2.75, 3.05) is 6.61 Å². The van der Waals surface area contributed by atoms with Gasteiger partial charge in [-0.05, 0) is 24.6 Å². The lowest BCUT2D eigenvalue weighted by Gasteiger charge is -2.10. The first-order valence-electron chi connectivity index (χ1n) is 4.85. The van der Waals surface area contributed by atoms with Crippen LogP contribution < -0.4 is 0 Å². The lowest BCUT2D eigenvalue weighted by molar-refractivity contribution is 0.0697. The summed E-state index contributed by atoms with van der Waals surface area (Å²) in [4.78, 5) is 11.6. The highest BCUT2D eigenvalue weighted by Crippen LogP contribution is 2.29. The van der Waals surface area contributed by atoms with Gasteiger partial charge in [0, 0.05) is 16.8 Å². The van der Waals surface area contributed by atoms with E-state index in [1.807, 2.05) is 6.92 Å². The summed E-state index contributed by atoms with van der Waals surface area (Å²) in [6.45, 7) is 2.15. The molecule has 0 aliphatic carbocycles. The highest BCUT2D eigenvalue weighted by molar-refractivity contribution is 7.99. The third kappa shape index (κ3) is 3.70. The number of carbonyl (C=O) groups is 1. The van der Waals surface area contributed by atoms with E-state index in [1.54, 1.807) is 23.9 Å². The maximum absolute atomic E-state index is 10.7. The Labute approximate surface area is 103 Å². The molecule has 1 rings (SSSR count). The number of hydrogen-bond acceptors (Lipinski definition) is 3. The summed E-state index contributed by atoms with van der Waals surface area (Å²) in [7, 11) is 0. The lowest BCUT2D eigenvalue weighted by Crippen LogP contribution is -2.00. The molecule has 5 heteroatoms. The Morgan fingerprint density at radius 1 is 1.56 bits per heavy atom. The number of rotatable bonds is 5. The molecule has 1 aromatic carbocycles. The van der Waals surface area contributed by atoms with Gasteiger partial charge in [0.1, 0.15) is 0 Å². The maximum atomic E-state index is 10.7. The smallest absolute Gasteiger partial charge is 0.337 e. The van der Waals surface area contributed by atoms with Gasteiger partial charge in [0.2, 0.25) is 0 Å². The van der Waals surface area contributed by atoms with Gasteiger partial charge in [-0.15, -0.1) is 11.8 Å². The van der Waals surface area contributed by atoms with E-state index in [-0.39, 0.29) is 22.4 Å². The Bertz CT molecular complexity index is 381. The predicted octanol–water partition coefficient (Wildman–Crippen LogP) is 2.90. The third-order valence-corrected chi connectivity index (χ3v) is 3.52. The molecular weight excluding hydrogens is 248 g/mol. The second-order valence-electron chi connectivity index (χ2n) is 3.39. The molecule has 2 N–H and O–H groups in total. The van der Waals surface area contributed by atoms with E-state index in [1.165, 1.54) is 6.07 Å². The topological polar surface area (TPSA) is 57.5 Å². The number of aliphatic hydroxyl groups is 1. The SMILES string of the molecule is CC(CCO)Sc1ccc(C(=O)O)c(Cl)c1. The molecule has 0 bridgehead atoms. The van der Waals surface area contributed by atoms with Crippen LogP contribution in [0.5, 0.6) is 0 Å². The molecule has 0 spiro atoms. The van der Waals surface area contributed by atoms with Gasteiger partial charge < -0.3 is 10.2 Å². The van der Waals surface area contributed by atoms with E-state index in [0.29, 0.717) is 6.42 Å². The van der Waals surface area contributed by atoms with Crippen molar-refractivity contribution in [2.45, 2.75) is 23.5 Å². The molecule has 0 saturated carbocycles. The molecule has 0 aliphatic rings. The van der Waals surface area contributed by atoms with Gasteiger partial charge in [-0.1, -0.05) is 18.5 Å². The molecular formula is C11H13ClO3S. The highest BCUT2D eigenvalue weighted by Gasteiger charge is 2.10. The van der Waals surface area contributed by atoms with E-state index >= 15 is 0 Å². The number of benzene rings is 1. The highest BCUT2D eigenvalue weighted by atomic mass is 35.5. The van der Waals surface area contributed by atoms with Crippen molar-refractivity contribution in [1.82, 2.24) is 0 Å². The summed E-state index contributed by atoms with van der Waals surface area (Å²) in [6, 6.07) is 4.87. The van der Waals surface area contributed by atoms with Crippen molar-refractivity contribution in [3.63, 3.8) is 0 Å². The summed E-state index contributed by atoms with van der Waals surface area (Å²) in [5.74, 6) is -1.02. The zero-order chi connectivity index (χ0) is 12.1. The first kappa shape index (κ1) is 13.4. The number of aliphatic hydroxyl groups excluding tert-OH is 1. The minimum atomic E-state index is -1.02. The average Bonchev–Trinajstić information content (AvgIpc) is 2.17. The third-order valence-electron chi connectivity index (χ3n) is 2.04. The molecule has 1 atom stereocenters. The molecule has 0 aliphatic heterocycles. The average molecular weight is 261 g/mol. The van der Waals surface area contributed by atoms with Gasteiger partial charge in [-0.25, -0.2) is 4.79 Å². The van der Waals surface area contributed by atoms with Crippen LogP contribution >= 0.6 is 23.4 Å². The summed E-state index contributed by atoms with van der Waals surface area (Å²) in [5.41, 5.74) is 0.112. The molecule has 0 fully saturated rings. The summed E-state index contributed by atoms with van der Waals surface area (Å²) < 4.78 is 0. The molecule has 3 nitrogen and oxygen atoms in total. The van der Waals surface area contributed by atoms with Crippen LogP contribution in [0.15, 0.2) is 23.1 Å². The standard InChI is InChI=1S/C11H13ClO3S/c1-7(4-5-13)16-8-2-3-9(11(14)15)10(12)6-8/h2-3,6-7,13H,4-5H2,1H3,(H,14,15). The van der Waals surface area contributed by atoms with E-state index < -0.39 is 5.97 Å². The zero-order valence-corrected chi connectivity index (χ0v) is 10.4. The normalized spacial score (nSPS) is 12.4. The Hall–Kier alpha value is -0.710. The second kappa shape index (κ2) is 6.13. The van der Waals surface area contributed by atoms with Crippen LogP contribution in [-0.4, -0.2) is 28.0 Å². The van der Waals surface area contributed by atoms with Gasteiger partial charge in [-0.3, -0.25) is 0 Å². The number of carboxylic acids is 1. The summed E-state index contributed by atoms with van der Waals surface area (Å²) >= 11 is 7.41. The van der Waals surface area contributed by atoms with Crippen molar-refractivity contribution < 1.29 is 15.0 Å².